The lowest BCUT2D eigenvalue weighted by atomic mass is 10.2. The summed E-state index contributed by atoms with van der Waals surface area (Å²) in [4.78, 5) is 21.9. The molecule has 0 aromatic carbocycles. The van der Waals surface area contributed by atoms with Crippen LogP contribution in [-0.4, -0.2) is 41.8 Å². The van der Waals surface area contributed by atoms with Gasteiger partial charge in [0.2, 0.25) is 5.76 Å². The molecule has 0 aliphatic carbocycles. The zero-order chi connectivity index (χ0) is 17.7. The van der Waals surface area contributed by atoms with Crippen molar-refractivity contribution in [2.24, 2.45) is 0 Å². The zero-order valence-electron chi connectivity index (χ0n) is 13.1. The van der Waals surface area contributed by atoms with Crippen LogP contribution < -0.4 is 10.6 Å². The third-order valence-corrected chi connectivity index (χ3v) is 2.45. The lowest BCUT2D eigenvalue weighted by Crippen LogP contribution is -2.44. The van der Waals surface area contributed by atoms with Crippen molar-refractivity contribution in [2.45, 2.75) is 38.8 Å². The van der Waals surface area contributed by atoms with Crippen LogP contribution in [0.15, 0.2) is 16.5 Å². The molecule has 0 radical (unpaired) electrons. The largest absolute Gasteiger partial charge is 0.475 e. The van der Waals surface area contributed by atoms with E-state index in [1.807, 2.05) is 5.32 Å². The normalized spacial score (nSPS) is 12.0. The van der Waals surface area contributed by atoms with Gasteiger partial charge in [0.15, 0.2) is 0 Å². The summed E-state index contributed by atoms with van der Waals surface area (Å²) in [5.74, 6) is -4.47. The second-order valence-corrected chi connectivity index (χ2v) is 5.89. The van der Waals surface area contributed by atoms with E-state index in [0.29, 0.717) is 0 Å². The molecule has 1 heterocycles. The van der Waals surface area contributed by atoms with E-state index in [-0.39, 0.29) is 18.1 Å². The molecule has 3 N–H and O–H groups in total. The van der Waals surface area contributed by atoms with Gasteiger partial charge < -0.3 is 24.9 Å². The molecule has 0 bridgehead atoms. The van der Waals surface area contributed by atoms with Gasteiger partial charge in [-0.25, -0.2) is 18.4 Å². The molecule has 7 nitrogen and oxygen atoms in total. The van der Waals surface area contributed by atoms with Crippen LogP contribution in [0.4, 0.5) is 13.6 Å². The van der Waals surface area contributed by atoms with Crippen molar-refractivity contribution in [1.82, 2.24) is 10.6 Å². The fourth-order valence-electron chi connectivity index (χ4n) is 1.53. The molecule has 0 fully saturated rings. The van der Waals surface area contributed by atoms with Gasteiger partial charge in [0.1, 0.15) is 11.4 Å². The number of nitrogens with one attached hydrogen (secondary N) is 2. The van der Waals surface area contributed by atoms with E-state index >= 15 is 0 Å². The van der Waals surface area contributed by atoms with Crippen molar-refractivity contribution in [3.05, 3.63) is 23.7 Å². The predicted octanol–water partition coefficient (Wildman–Crippen LogP) is 2.23. The molecule has 1 aromatic rings. The molecule has 0 saturated heterocycles. The second-order valence-electron chi connectivity index (χ2n) is 5.89. The van der Waals surface area contributed by atoms with E-state index in [1.54, 1.807) is 20.8 Å². The Morgan fingerprint density at radius 2 is 1.91 bits per heavy atom. The van der Waals surface area contributed by atoms with E-state index in [1.165, 1.54) is 12.1 Å². The maximum absolute atomic E-state index is 13.6. The Hall–Kier alpha value is -2.16. The smallest absolute Gasteiger partial charge is 0.407 e. The van der Waals surface area contributed by atoms with Gasteiger partial charge in [-0.05, 0) is 32.9 Å². The lowest BCUT2D eigenvalue weighted by molar-refractivity contribution is -0.00405. The van der Waals surface area contributed by atoms with Gasteiger partial charge in [-0.3, -0.25) is 0 Å². The first kappa shape index (κ1) is 18.9. The van der Waals surface area contributed by atoms with E-state index in [2.05, 4.69) is 5.32 Å². The van der Waals surface area contributed by atoms with Gasteiger partial charge in [0.25, 0.3) is 5.92 Å². The molecular formula is C14H20F2N2O5. The van der Waals surface area contributed by atoms with Crippen LogP contribution in [0.5, 0.6) is 0 Å². The molecule has 1 aromatic heterocycles. The van der Waals surface area contributed by atoms with Crippen LogP contribution in [0.2, 0.25) is 0 Å². The molecule has 1 amide bonds. The number of amides is 1. The highest BCUT2D eigenvalue weighted by Gasteiger charge is 2.30. The highest BCUT2D eigenvalue weighted by Crippen LogP contribution is 2.13. The maximum atomic E-state index is 13.6. The van der Waals surface area contributed by atoms with Gasteiger partial charge in [-0.15, -0.1) is 0 Å². The number of hydrogen-bond donors (Lipinski definition) is 3. The number of furan rings is 1. The number of hydrogen-bond acceptors (Lipinski definition) is 5. The number of carboxylic acids is 1. The molecule has 0 atom stereocenters. The lowest BCUT2D eigenvalue weighted by Gasteiger charge is -2.22. The molecule has 0 unspecified atom stereocenters. The average Bonchev–Trinajstić information content (AvgIpc) is 2.83. The third-order valence-electron chi connectivity index (χ3n) is 2.45. The number of alkyl carbamates (subject to hydrolysis) is 1. The minimum absolute atomic E-state index is 0.0602. The number of rotatable bonds is 7. The molecule has 0 aliphatic heterocycles. The van der Waals surface area contributed by atoms with Crippen molar-refractivity contribution in [3.63, 3.8) is 0 Å². The molecule has 0 aliphatic rings. The first-order valence-electron chi connectivity index (χ1n) is 6.86. The fourth-order valence-corrected chi connectivity index (χ4v) is 1.53. The van der Waals surface area contributed by atoms with Gasteiger partial charge in [-0.1, -0.05) is 0 Å². The second kappa shape index (κ2) is 7.40. The van der Waals surface area contributed by atoms with Crippen molar-refractivity contribution in [1.29, 1.82) is 0 Å². The minimum atomic E-state index is -3.20. The van der Waals surface area contributed by atoms with Gasteiger partial charge in [0, 0.05) is 0 Å². The topological polar surface area (TPSA) is 101 Å². The van der Waals surface area contributed by atoms with E-state index in [9.17, 15) is 18.4 Å². The monoisotopic (exact) mass is 334 g/mol. The number of carbonyl (C=O) groups excluding carboxylic acids is 1. The van der Waals surface area contributed by atoms with Gasteiger partial charge >= 0.3 is 12.1 Å². The van der Waals surface area contributed by atoms with Crippen molar-refractivity contribution >= 4 is 12.1 Å². The van der Waals surface area contributed by atoms with E-state index < -0.39 is 36.7 Å². The van der Waals surface area contributed by atoms with Gasteiger partial charge in [0.05, 0.1) is 19.6 Å². The summed E-state index contributed by atoms with van der Waals surface area (Å²) < 4.78 is 37.0. The van der Waals surface area contributed by atoms with Gasteiger partial charge in [-0.2, -0.15) is 0 Å². The van der Waals surface area contributed by atoms with Crippen LogP contribution in [0.25, 0.3) is 0 Å². The molecule has 9 heteroatoms. The Labute approximate surface area is 132 Å². The quantitative estimate of drug-likeness (QED) is 0.707. The van der Waals surface area contributed by atoms with Crippen LogP contribution in [0, 0.1) is 0 Å². The Bertz CT molecular complexity index is 552. The first-order valence-corrected chi connectivity index (χ1v) is 6.86. The van der Waals surface area contributed by atoms with Crippen molar-refractivity contribution in [3.8, 4) is 0 Å². The average molecular weight is 334 g/mol. The van der Waals surface area contributed by atoms with Crippen LogP contribution in [0.1, 0.15) is 37.1 Å². The minimum Gasteiger partial charge on any atom is -0.475 e. The number of halogens is 2. The number of alkyl halides is 2. The highest BCUT2D eigenvalue weighted by atomic mass is 19.3. The van der Waals surface area contributed by atoms with Crippen LogP contribution >= 0.6 is 0 Å². The number of aromatic carboxylic acids is 1. The molecule has 130 valence electrons. The Morgan fingerprint density at radius 3 is 2.43 bits per heavy atom. The predicted molar refractivity (Wildman–Crippen MR) is 76.6 cm³/mol. The summed E-state index contributed by atoms with van der Waals surface area (Å²) in [5, 5.41) is 13.1. The van der Waals surface area contributed by atoms with E-state index in [0.717, 1.165) is 0 Å². The molecule has 0 saturated carbocycles. The van der Waals surface area contributed by atoms with Crippen LogP contribution in [0.3, 0.4) is 0 Å². The first-order chi connectivity index (χ1) is 10.5. The van der Waals surface area contributed by atoms with Crippen molar-refractivity contribution < 1.29 is 32.6 Å². The summed E-state index contributed by atoms with van der Waals surface area (Å²) in [6.45, 7) is 3.22. The molecule has 1 rings (SSSR count). The third kappa shape index (κ3) is 7.59. The van der Waals surface area contributed by atoms with Crippen molar-refractivity contribution in [2.75, 3.05) is 13.1 Å². The van der Waals surface area contributed by atoms with E-state index in [4.69, 9.17) is 14.3 Å². The number of ether oxygens (including phenoxy) is 1. The molecule has 23 heavy (non-hydrogen) atoms. The fraction of sp³-hybridized carbons (Fsp3) is 0.571. The standard InChI is InChI=1S/C14H20F2N2O5/c1-13(2,3)23-12(21)18-8-14(15,16)7-17-6-9-4-5-10(22-9)11(19)20/h4-5,17H,6-8H2,1-3H3,(H,18,21)(H,19,20). The Kier molecular flexibility index (Phi) is 6.08. The summed E-state index contributed by atoms with van der Waals surface area (Å²) in [6, 6.07) is 2.62. The number of carbonyl (C=O) groups is 2. The zero-order valence-corrected chi connectivity index (χ0v) is 13.1. The summed E-state index contributed by atoms with van der Waals surface area (Å²) >= 11 is 0. The van der Waals surface area contributed by atoms with Crippen LogP contribution in [-0.2, 0) is 11.3 Å². The SMILES string of the molecule is CC(C)(C)OC(=O)NCC(F)(F)CNCc1ccc(C(=O)O)o1. The Balaban J connectivity index is 2.34. The Morgan fingerprint density at radius 1 is 1.26 bits per heavy atom. The summed E-state index contributed by atoms with van der Waals surface area (Å²) in [7, 11) is 0. The number of carboxylic acid groups (broad SMARTS) is 1. The molecule has 0 spiro atoms. The molecular weight excluding hydrogens is 314 g/mol. The highest BCUT2D eigenvalue weighted by molar-refractivity contribution is 5.84. The maximum Gasteiger partial charge on any atom is 0.407 e. The summed E-state index contributed by atoms with van der Waals surface area (Å²) in [5.41, 5.74) is -0.765. The summed E-state index contributed by atoms with van der Waals surface area (Å²) in [6.07, 6.45) is -0.922.